The molecule has 1 N–H and O–H groups in total. The van der Waals surface area contributed by atoms with E-state index in [1.807, 2.05) is 0 Å². The third-order valence-corrected chi connectivity index (χ3v) is 4.64. The molecule has 1 fully saturated rings. The maximum absolute atomic E-state index is 10.6. The summed E-state index contributed by atoms with van der Waals surface area (Å²) in [4.78, 5) is 0. The van der Waals surface area contributed by atoms with Crippen LogP contribution in [0.3, 0.4) is 0 Å². The van der Waals surface area contributed by atoms with Gasteiger partial charge < -0.3 is 9.47 Å². The molecule has 0 amide bonds. The van der Waals surface area contributed by atoms with Crippen molar-refractivity contribution in [2.24, 2.45) is 5.92 Å². The first-order valence-electron chi connectivity index (χ1n) is 8.81. The van der Waals surface area contributed by atoms with Crippen molar-refractivity contribution in [1.82, 2.24) is 0 Å². The van der Waals surface area contributed by atoms with Crippen molar-refractivity contribution in [2.75, 3.05) is 13.2 Å². The third-order valence-electron chi connectivity index (χ3n) is 4.13. The molecule has 23 heavy (non-hydrogen) atoms. The zero-order valence-electron chi connectivity index (χ0n) is 14.4. The maximum atomic E-state index is 10.6. The lowest BCUT2D eigenvalue weighted by atomic mass is 10.0. The fraction of sp³-hybridized carbons (Fsp3) is 1.00. The molecule has 1 aliphatic rings. The molecule has 1 atom stereocenters. The van der Waals surface area contributed by atoms with Gasteiger partial charge in [0.15, 0.2) is 6.29 Å². The molecule has 7 heteroatoms. The van der Waals surface area contributed by atoms with E-state index in [-0.39, 0.29) is 25.4 Å². The van der Waals surface area contributed by atoms with E-state index in [0.717, 1.165) is 12.8 Å². The van der Waals surface area contributed by atoms with Gasteiger partial charge in [-0.2, -0.15) is 8.42 Å². The van der Waals surface area contributed by atoms with Gasteiger partial charge in [0.1, 0.15) is 6.10 Å². The quantitative estimate of drug-likeness (QED) is 0.426. The van der Waals surface area contributed by atoms with Crippen LogP contribution >= 0.6 is 0 Å². The molecule has 138 valence electrons. The Morgan fingerprint density at radius 3 is 2.09 bits per heavy atom. The first kappa shape index (κ1) is 20.8. The first-order valence-corrected chi connectivity index (χ1v) is 10.2. The van der Waals surface area contributed by atoms with E-state index in [1.54, 1.807) is 0 Å². The Hall–Kier alpha value is -0.210. The van der Waals surface area contributed by atoms with Crippen molar-refractivity contribution in [1.29, 1.82) is 0 Å². The van der Waals surface area contributed by atoms with Crippen molar-refractivity contribution < 1.29 is 26.6 Å². The van der Waals surface area contributed by atoms with Crippen molar-refractivity contribution in [3.63, 3.8) is 0 Å². The van der Waals surface area contributed by atoms with Gasteiger partial charge in [0, 0.05) is 5.92 Å². The highest BCUT2D eigenvalue weighted by Gasteiger charge is 2.29. The van der Waals surface area contributed by atoms with Crippen molar-refractivity contribution in [3.8, 4) is 0 Å². The summed E-state index contributed by atoms with van der Waals surface area (Å²) in [6.07, 6.45) is 10.3. The summed E-state index contributed by atoms with van der Waals surface area (Å²) in [5.41, 5.74) is 0. The molecule has 6 nitrogen and oxygen atoms in total. The summed E-state index contributed by atoms with van der Waals surface area (Å²) in [5.74, 6) is 0.266. The number of hydrogen-bond acceptors (Lipinski definition) is 5. The van der Waals surface area contributed by atoms with Crippen LogP contribution in [-0.4, -0.2) is 38.6 Å². The average molecular weight is 352 g/mol. The minimum atomic E-state index is -4.45. The molecule has 0 spiro atoms. The summed E-state index contributed by atoms with van der Waals surface area (Å²) in [6.45, 7) is 4.54. The van der Waals surface area contributed by atoms with E-state index >= 15 is 0 Å². The van der Waals surface area contributed by atoms with E-state index in [4.69, 9.17) is 14.0 Å². The lowest BCUT2D eigenvalue weighted by molar-refractivity contribution is -0.231. The van der Waals surface area contributed by atoms with Crippen LogP contribution in [0.25, 0.3) is 0 Å². The number of rotatable bonds is 12. The second kappa shape index (κ2) is 11.4. The summed E-state index contributed by atoms with van der Waals surface area (Å²) in [6, 6.07) is 0. The normalized spacial score (nSPS) is 23.8. The second-order valence-electron chi connectivity index (χ2n) is 6.42. The molecule has 0 radical (unpaired) electrons. The summed E-state index contributed by atoms with van der Waals surface area (Å²) in [7, 11) is -4.45. The van der Waals surface area contributed by atoms with Crippen LogP contribution in [0.15, 0.2) is 0 Å². The smallest absolute Gasteiger partial charge is 0.350 e. The van der Waals surface area contributed by atoms with E-state index < -0.39 is 16.5 Å². The monoisotopic (exact) mass is 352 g/mol. The van der Waals surface area contributed by atoms with Crippen LogP contribution in [0.4, 0.5) is 0 Å². The van der Waals surface area contributed by atoms with Gasteiger partial charge in [-0.3, -0.25) is 4.55 Å². The molecule has 0 aromatic rings. The van der Waals surface area contributed by atoms with Crippen LogP contribution < -0.4 is 0 Å². The molecule has 0 bridgehead atoms. The maximum Gasteiger partial charge on any atom is 0.397 e. The Kier molecular flexibility index (Phi) is 10.3. The van der Waals surface area contributed by atoms with Gasteiger partial charge in [-0.05, 0) is 6.42 Å². The molecule has 1 aliphatic heterocycles. The van der Waals surface area contributed by atoms with E-state index in [9.17, 15) is 8.42 Å². The van der Waals surface area contributed by atoms with Crippen LogP contribution in [0.2, 0.25) is 0 Å². The molecule has 0 aromatic carbocycles. The first-order chi connectivity index (χ1) is 10.9. The molecule has 0 saturated carbocycles. The van der Waals surface area contributed by atoms with Gasteiger partial charge in [0.25, 0.3) is 0 Å². The number of hydrogen-bond donors (Lipinski definition) is 1. The highest BCUT2D eigenvalue weighted by atomic mass is 32.3. The molecule has 1 rings (SSSR count). The Bertz CT molecular complexity index is 389. The SMILES string of the molecule is CCCCCCCCCCC(C)C1OCC(OS(=O)(=O)O)CO1. The van der Waals surface area contributed by atoms with E-state index in [2.05, 4.69) is 18.0 Å². The zero-order valence-corrected chi connectivity index (χ0v) is 15.2. The number of ether oxygens (including phenoxy) is 2. The largest absolute Gasteiger partial charge is 0.397 e. The van der Waals surface area contributed by atoms with Gasteiger partial charge in [-0.1, -0.05) is 65.2 Å². The molecular formula is C16H32O6S. The summed E-state index contributed by atoms with van der Waals surface area (Å²) in [5, 5.41) is 0. The van der Waals surface area contributed by atoms with E-state index in [1.165, 1.54) is 44.9 Å². The van der Waals surface area contributed by atoms with Gasteiger partial charge in [0.05, 0.1) is 13.2 Å². The van der Waals surface area contributed by atoms with Crippen molar-refractivity contribution in [2.45, 2.75) is 84.0 Å². The van der Waals surface area contributed by atoms with Crippen LogP contribution in [0.5, 0.6) is 0 Å². The van der Waals surface area contributed by atoms with Crippen LogP contribution in [0, 0.1) is 5.92 Å². The average Bonchev–Trinajstić information content (AvgIpc) is 2.49. The lowest BCUT2D eigenvalue weighted by Crippen LogP contribution is -2.41. The van der Waals surface area contributed by atoms with Gasteiger partial charge in [0.2, 0.25) is 0 Å². The summed E-state index contributed by atoms with van der Waals surface area (Å²) < 4.78 is 45.3. The third kappa shape index (κ3) is 10.3. The fourth-order valence-corrected chi connectivity index (χ4v) is 3.25. The molecule has 1 unspecified atom stereocenters. The lowest BCUT2D eigenvalue weighted by Gasteiger charge is -2.31. The minimum absolute atomic E-state index is 0.117. The summed E-state index contributed by atoms with van der Waals surface area (Å²) >= 11 is 0. The van der Waals surface area contributed by atoms with Crippen molar-refractivity contribution in [3.05, 3.63) is 0 Å². The van der Waals surface area contributed by atoms with E-state index in [0.29, 0.717) is 0 Å². The van der Waals surface area contributed by atoms with Crippen LogP contribution in [0.1, 0.15) is 71.6 Å². The topological polar surface area (TPSA) is 82.1 Å². The Morgan fingerprint density at radius 2 is 1.57 bits per heavy atom. The number of unbranched alkanes of at least 4 members (excludes halogenated alkanes) is 7. The standard InChI is InChI=1S/C16H32O6S/c1-3-4-5-6-7-8-9-10-11-14(2)16-20-12-15(13-21-16)22-23(17,18)19/h14-16H,3-13H2,1-2H3,(H,17,18,19). The fourth-order valence-electron chi connectivity index (χ4n) is 2.79. The van der Waals surface area contributed by atoms with Crippen molar-refractivity contribution >= 4 is 10.4 Å². The molecule has 0 aliphatic carbocycles. The zero-order chi connectivity index (χ0) is 17.1. The van der Waals surface area contributed by atoms with Gasteiger partial charge in [-0.25, -0.2) is 4.18 Å². The molecule has 1 heterocycles. The van der Waals surface area contributed by atoms with Gasteiger partial charge in [-0.15, -0.1) is 0 Å². The highest BCUT2D eigenvalue weighted by molar-refractivity contribution is 7.80. The van der Waals surface area contributed by atoms with Gasteiger partial charge >= 0.3 is 10.4 Å². The van der Waals surface area contributed by atoms with Crippen LogP contribution in [-0.2, 0) is 24.1 Å². The predicted molar refractivity (Wildman–Crippen MR) is 88.5 cm³/mol. The predicted octanol–water partition coefficient (Wildman–Crippen LogP) is 3.71. The highest BCUT2D eigenvalue weighted by Crippen LogP contribution is 2.22. The Balaban J connectivity index is 2.05. The second-order valence-corrected chi connectivity index (χ2v) is 7.47. The Morgan fingerprint density at radius 1 is 1.04 bits per heavy atom. The molecular weight excluding hydrogens is 320 g/mol. The Labute approximate surface area is 140 Å². The minimum Gasteiger partial charge on any atom is -0.350 e. The molecule has 1 saturated heterocycles. The molecule has 0 aromatic heterocycles.